The zero-order valence-electron chi connectivity index (χ0n) is 10.4. The van der Waals surface area contributed by atoms with E-state index < -0.39 is 11.9 Å². The number of nitrogens with one attached hydrogen (secondary N) is 1. The first-order chi connectivity index (χ1) is 8.56. The molecule has 0 aliphatic heterocycles. The van der Waals surface area contributed by atoms with Crippen LogP contribution in [0.4, 0.5) is 4.39 Å². The summed E-state index contributed by atoms with van der Waals surface area (Å²) in [5.41, 5.74) is 6.06. The van der Waals surface area contributed by atoms with Gasteiger partial charge in [0.25, 0.3) is 0 Å². The predicted octanol–water partition coefficient (Wildman–Crippen LogP) is 2.61. The molecule has 1 atom stereocenters. The van der Waals surface area contributed by atoms with Crippen molar-refractivity contribution in [1.29, 1.82) is 0 Å². The van der Waals surface area contributed by atoms with E-state index in [1.54, 1.807) is 12.1 Å². The van der Waals surface area contributed by atoms with Crippen molar-refractivity contribution in [3.8, 4) is 0 Å². The Labute approximate surface area is 112 Å². The van der Waals surface area contributed by atoms with Crippen LogP contribution in [0.1, 0.15) is 31.7 Å². The normalized spacial score (nSPS) is 12.2. The van der Waals surface area contributed by atoms with Crippen LogP contribution < -0.4 is 11.1 Å². The monoisotopic (exact) mass is 272 g/mol. The molecule has 0 radical (unpaired) electrons. The maximum Gasteiger partial charge on any atom is 0.237 e. The summed E-state index contributed by atoms with van der Waals surface area (Å²) in [5.74, 6) is -0.760. The molecule has 0 fully saturated rings. The second kappa shape index (κ2) is 7.34. The molecule has 18 heavy (non-hydrogen) atoms. The number of carbonyl (C=O) groups is 1. The average Bonchev–Trinajstić information content (AvgIpc) is 2.37. The van der Waals surface area contributed by atoms with Gasteiger partial charge >= 0.3 is 0 Å². The highest BCUT2D eigenvalue weighted by atomic mass is 35.5. The molecule has 5 heteroatoms. The van der Waals surface area contributed by atoms with Crippen LogP contribution in [0.5, 0.6) is 0 Å². The van der Waals surface area contributed by atoms with Crippen molar-refractivity contribution in [2.75, 3.05) is 0 Å². The number of hydrogen-bond donors (Lipinski definition) is 2. The molecule has 0 heterocycles. The van der Waals surface area contributed by atoms with E-state index in [2.05, 4.69) is 5.32 Å². The molecule has 3 nitrogen and oxygen atoms in total. The van der Waals surface area contributed by atoms with Crippen molar-refractivity contribution < 1.29 is 9.18 Å². The largest absolute Gasteiger partial charge is 0.351 e. The van der Waals surface area contributed by atoms with E-state index in [0.29, 0.717) is 12.0 Å². The molecule has 1 rings (SSSR count). The molecule has 0 spiro atoms. The summed E-state index contributed by atoms with van der Waals surface area (Å²) in [6, 6.07) is 4.16. The number of hydrogen-bond acceptors (Lipinski definition) is 2. The fourth-order valence-electron chi connectivity index (χ4n) is 1.55. The zero-order valence-corrected chi connectivity index (χ0v) is 11.1. The molecular weight excluding hydrogens is 255 g/mol. The highest BCUT2D eigenvalue weighted by Crippen LogP contribution is 2.17. The Hall–Kier alpha value is -1.13. The van der Waals surface area contributed by atoms with Gasteiger partial charge in [-0.1, -0.05) is 43.5 Å². The molecule has 0 aliphatic carbocycles. The lowest BCUT2D eigenvalue weighted by molar-refractivity contribution is -0.122. The average molecular weight is 273 g/mol. The molecular formula is C13H18ClFN2O. The lowest BCUT2D eigenvalue weighted by Crippen LogP contribution is -2.40. The van der Waals surface area contributed by atoms with E-state index in [4.69, 9.17) is 17.3 Å². The molecule has 1 amide bonds. The third-order valence-electron chi connectivity index (χ3n) is 2.69. The maximum atomic E-state index is 13.5. The summed E-state index contributed by atoms with van der Waals surface area (Å²) in [4.78, 5) is 11.6. The number of amides is 1. The molecule has 0 aliphatic rings. The van der Waals surface area contributed by atoms with Crippen LogP contribution in [0.15, 0.2) is 18.2 Å². The van der Waals surface area contributed by atoms with Crippen molar-refractivity contribution in [1.82, 2.24) is 5.32 Å². The van der Waals surface area contributed by atoms with Gasteiger partial charge in [-0.3, -0.25) is 4.79 Å². The highest BCUT2D eigenvalue weighted by molar-refractivity contribution is 6.30. The molecule has 0 saturated heterocycles. The quantitative estimate of drug-likeness (QED) is 0.836. The predicted molar refractivity (Wildman–Crippen MR) is 70.8 cm³/mol. The summed E-state index contributed by atoms with van der Waals surface area (Å²) in [6.07, 6.45) is 2.53. The molecule has 3 N–H and O–H groups in total. The van der Waals surface area contributed by atoms with Gasteiger partial charge in [0, 0.05) is 12.1 Å². The standard InChI is InChI=1S/C13H18ClFN2O/c1-2-3-7-11(16)13(18)17-8-9-5-4-6-10(14)12(9)15/h4-6,11H,2-3,7-8,16H2,1H3,(H,17,18)/t11-/m0/s1. The first kappa shape index (κ1) is 14.9. The zero-order chi connectivity index (χ0) is 13.5. The van der Waals surface area contributed by atoms with E-state index in [1.165, 1.54) is 6.07 Å². The SMILES string of the molecule is CCCC[C@H](N)C(=O)NCc1cccc(Cl)c1F. The van der Waals surface area contributed by atoms with Crippen LogP contribution in [0.2, 0.25) is 5.02 Å². The molecule has 100 valence electrons. The molecule has 1 aromatic carbocycles. The summed E-state index contributed by atoms with van der Waals surface area (Å²) in [5, 5.41) is 2.67. The highest BCUT2D eigenvalue weighted by Gasteiger charge is 2.13. The Morgan fingerprint density at radius 2 is 2.28 bits per heavy atom. The summed E-state index contributed by atoms with van der Waals surface area (Å²) >= 11 is 5.65. The molecule has 0 saturated carbocycles. The van der Waals surface area contributed by atoms with Crippen molar-refractivity contribution in [3.63, 3.8) is 0 Å². The number of nitrogens with two attached hydrogens (primary N) is 1. The lowest BCUT2D eigenvalue weighted by atomic mass is 10.1. The van der Waals surface area contributed by atoms with Crippen molar-refractivity contribution in [2.45, 2.75) is 38.8 Å². The third-order valence-corrected chi connectivity index (χ3v) is 2.98. The minimum atomic E-state index is -0.535. The number of carbonyl (C=O) groups excluding carboxylic acids is 1. The minimum absolute atomic E-state index is 0.0528. The van der Waals surface area contributed by atoms with Crippen LogP contribution in [0, 0.1) is 5.82 Å². The smallest absolute Gasteiger partial charge is 0.237 e. The molecule has 0 bridgehead atoms. The molecule has 1 aromatic rings. The Kier molecular flexibility index (Phi) is 6.09. The van der Waals surface area contributed by atoms with Gasteiger partial charge in [-0.15, -0.1) is 0 Å². The second-order valence-electron chi connectivity index (χ2n) is 4.18. The minimum Gasteiger partial charge on any atom is -0.351 e. The summed E-state index contributed by atoms with van der Waals surface area (Å²) < 4.78 is 13.5. The van der Waals surface area contributed by atoms with E-state index in [9.17, 15) is 9.18 Å². The first-order valence-electron chi connectivity index (χ1n) is 6.02. The van der Waals surface area contributed by atoms with Crippen LogP contribution in [0.25, 0.3) is 0 Å². The van der Waals surface area contributed by atoms with Gasteiger partial charge in [0.05, 0.1) is 11.1 Å². The molecule has 0 unspecified atom stereocenters. The number of halogens is 2. The fourth-order valence-corrected chi connectivity index (χ4v) is 1.75. The Bertz CT molecular complexity index is 412. The summed E-state index contributed by atoms with van der Waals surface area (Å²) in [7, 11) is 0. The van der Waals surface area contributed by atoms with E-state index in [-0.39, 0.29) is 17.5 Å². The number of rotatable bonds is 6. The topological polar surface area (TPSA) is 55.1 Å². The van der Waals surface area contributed by atoms with Crippen LogP contribution in [-0.2, 0) is 11.3 Å². The lowest BCUT2D eigenvalue weighted by Gasteiger charge is -2.12. The van der Waals surface area contributed by atoms with Gasteiger partial charge < -0.3 is 11.1 Å². The van der Waals surface area contributed by atoms with E-state index in [0.717, 1.165) is 12.8 Å². The van der Waals surface area contributed by atoms with Gasteiger partial charge in [-0.25, -0.2) is 4.39 Å². The van der Waals surface area contributed by atoms with E-state index >= 15 is 0 Å². The number of unbranched alkanes of at least 4 members (excludes halogenated alkanes) is 1. The van der Waals surface area contributed by atoms with Crippen molar-refractivity contribution >= 4 is 17.5 Å². The molecule has 0 aromatic heterocycles. The van der Waals surface area contributed by atoms with Gasteiger partial charge in [-0.2, -0.15) is 0 Å². The Morgan fingerprint density at radius 3 is 2.94 bits per heavy atom. The van der Waals surface area contributed by atoms with Crippen LogP contribution >= 0.6 is 11.6 Å². The van der Waals surface area contributed by atoms with Crippen LogP contribution in [0.3, 0.4) is 0 Å². The van der Waals surface area contributed by atoms with Gasteiger partial charge in [0.2, 0.25) is 5.91 Å². The van der Waals surface area contributed by atoms with Gasteiger partial charge in [-0.05, 0) is 12.5 Å². The summed E-state index contributed by atoms with van der Waals surface area (Å²) in [6.45, 7) is 2.14. The second-order valence-corrected chi connectivity index (χ2v) is 4.59. The van der Waals surface area contributed by atoms with Gasteiger partial charge in [0.1, 0.15) is 5.82 Å². The fraction of sp³-hybridized carbons (Fsp3) is 0.462. The Morgan fingerprint density at radius 1 is 1.56 bits per heavy atom. The Balaban J connectivity index is 2.49. The third kappa shape index (κ3) is 4.27. The van der Waals surface area contributed by atoms with Crippen molar-refractivity contribution in [3.05, 3.63) is 34.6 Å². The van der Waals surface area contributed by atoms with E-state index in [1.807, 2.05) is 6.92 Å². The first-order valence-corrected chi connectivity index (χ1v) is 6.40. The van der Waals surface area contributed by atoms with Crippen molar-refractivity contribution in [2.24, 2.45) is 5.73 Å². The van der Waals surface area contributed by atoms with Gasteiger partial charge in [0.15, 0.2) is 0 Å². The number of benzene rings is 1. The van der Waals surface area contributed by atoms with Crippen LogP contribution in [-0.4, -0.2) is 11.9 Å². The maximum absolute atomic E-state index is 13.5.